The molecule has 0 aliphatic carbocycles. The van der Waals surface area contributed by atoms with Crippen LogP contribution in [0.25, 0.3) is 0 Å². The van der Waals surface area contributed by atoms with Crippen molar-refractivity contribution in [2.24, 2.45) is 0 Å². The molecule has 0 atom stereocenters. The van der Waals surface area contributed by atoms with Crippen molar-refractivity contribution in [3.8, 4) is 0 Å². The van der Waals surface area contributed by atoms with Gasteiger partial charge in [-0.05, 0) is 30.0 Å². The van der Waals surface area contributed by atoms with Gasteiger partial charge in [0.25, 0.3) is 0 Å². The van der Waals surface area contributed by atoms with Gasteiger partial charge in [0.15, 0.2) is 0 Å². The van der Waals surface area contributed by atoms with E-state index in [0.29, 0.717) is 6.07 Å². The van der Waals surface area contributed by atoms with E-state index < -0.39 is 29.1 Å². The van der Waals surface area contributed by atoms with Crippen LogP contribution < -0.4 is 5.32 Å². The Labute approximate surface area is 151 Å². The lowest BCUT2D eigenvalue weighted by atomic mass is 10.0. The molecule has 0 unspecified atom stereocenters. The number of carbonyl (C=O) groups excluding carboxylic acids is 2. The molecule has 0 bridgehead atoms. The van der Waals surface area contributed by atoms with Gasteiger partial charge in [-0.25, -0.2) is 13.6 Å². The van der Waals surface area contributed by atoms with E-state index in [1.165, 1.54) is 5.56 Å². The lowest BCUT2D eigenvalue weighted by Gasteiger charge is -2.09. The summed E-state index contributed by atoms with van der Waals surface area (Å²) in [6, 6.07) is 9.11. The number of rotatable bonds is 7. The van der Waals surface area contributed by atoms with Crippen molar-refractivity contribution in [2.75, 3.05) is 12.4 Å². The molecule has 0 aliphatic rings. The predicted molar refractivity (Wildman–Crippen MR) is 95.1 cm³/mol. The van der Waals surface area contributed by atoms with E-state index in [4.69, 9.17) is 0 Å². The average Bonchev–Trinajstić information content (AvgIpc) is 2.62. The third-order valence-corrected chi connectivity index (χ3v) is 3.94. The van der Waals surface area contributed by atoms with Crippen LogP contribution in [0.4, 0.5) is 14.5 Å². The molecule has 0 saturated carbocycles. The van der Waals surface area contributed by atoms with Gasteiger partial charge in [0, 0.05) is 6.07 Å². The highest BCUT2D eigenvalue weighted by Crippen LogP contribution is 2.20. The van der Waals surface area contributed by atoms with E-state index >= 15 is 0 Å². The van der Waals surface area contributed by atoms with Crippen LogP contribution >= 0.6 is 0 Å². The van der Waals surface area contributed by atoms with E-state index in [0.717, 1.165) is 38.0 Å². The summed E-state index contributed by atoms with van der Waals surface area (Å²) < 4.78 is 31.9. The van der Waals surface area contributed by atoms with Gasteiger partial charge in [0.1, 0.15) is 11.6 Å². The van der Waals surface area contributed by atoms with Gasteiger partial charge in [0.05, 0.1) is 24.8 Å². The normalized spacial score (nSPS) is 10.5. The molecule has 0 aromatic heterocycles. The predicted octanol–water partition coefficient (Wildman–Crippen LogP) is 4.28. The first kappa shape index (κ1) is 19.6. The molecule has 0 heterocycles. The minimum absolute atomic E-state index is 0.0401. The number of hydrogen-bond donors (Lipinski definition) is 1. The zero-order valence-corrected chi connectivity index (χ0v) is 14.8. The Morgan fingerprint density at radius 3 is 2.31 bits per heavy atom. The molecule has 0 radical (unpaired) electrons. The summed E-state index contributed by atoms with van der Waals surface area (Å²) in [7, 11) is 1.09. The van der Waals surface area contributed by atoms with E-state index in [2.05, 4.69) is 17.0 Å². The van der Waals surface area contributed by atoms with Crippen LogP contribution in [-0.4, -0.2) is 19.0 Å². The zero-order valence-electron chi connectivity index (χ0n) is 14.8. The first-order valence-electron chi connectivity index (χ1n) is 8.39. The highest BCUT2D eigenvalue weighted by Gasteiger charge is 2.18. The fourth-order valence-corrected chi connectivity index (χ4v) is 2.50. The first-order valence-corrected chi connectivity index (χ1v) is 8.39. The molecule has 0 spiro atoms. The van der Waals surface area contributed by atoms with Crippen LogP contribution in [0.15, 0.2) is 36.4 Å². The summed E-state index contributed by atoms with van der Waals surface area (Å²) in [6.45, 7) is 2.12. The number of halogens is 2. The Hall–Kier alpha value is -2.76. The van der Waals surface area contributed by atoms with Crippen LogP contribution in [0, 0.1) is 11.6 Å². The molecule has 0 fully saturated rings. The second kappa shape index (κ2) is 9.08. The molecular weight excluding hydrogens is 340 g/mol. The number of methoxy groups -OCH3 is 1. The quantitative estimate of drug-likeness (QED) is 0.749. The van der Waals surface area contributed by atoms with Crippen LogP contribution in [-0.2, 0) is 22.4 Å². The van der Waals surface area contributed by atoms with Crippen molar-refractivity contribution in [1.82, 2.24) is 0 Å². The first-order chi connectivity index (χ1) is 12.4. The number of carbonyl (C=O) groups is 2. The maximum atomic E-state index is 13.9. The summed E-state index contributed by atoms with van der Waals surface area (Å²) in [5, 5.41) is 2.37. The van der Waals surface area contributed by atoms with Crippen LogP contribution in [0.3, 0.4) is 0 Å². The Kier molecular flexibility index (Phi) is 6.83. The minimum Gasteiger partial charge on any atom is -0.465 e. The highest BCUT2D eigenvalue weighted by atomic mass is 19.1. The third-order valence-electron chi connectivity index (χ3n) is 3.94. The Bertz CT molecular complexity index is 788. The van der Waals surface area contributed by atoms with Crippen molar-refractivity contribution in [1.29, 1.82) is 0 Å². The third kappa shape index (κ3) is 5.12. The molecule has 0 saturated heterocycles. The van der Waals surface area contributed by atoms with Crippen LogP contribution in [0.1, 0.15) is 41.3 Å². The van der Waals surface area contributed by atoms with Gasteiger partial charge in [-0.2, -0.15) is 0 Å². The maximum Gasteiger partial charge on any atom is 0.340 e. The van der Waals surface area contributed by atoms with Crippen LogP contribution in [0.2, 0.25) is 0 Å². The summed E-state index contributed by atoms with van der Waals surface area (Å²) in [5.74, 6) is -3.42. The molecule has 2 aromatic carbocycles. The van der Waals surface area contributed by atoms with Gasteiger partial charge in [-0.15, -0.1) is 0 Å². The SMILES string of the molecule is CCCCc1ccc(CC(=O)Nc2cc(C(=O)OC)c(F)cc2F)cc1. The number of unbranched alkanes of at least 4 members (excludes halogenated alkanes) is 1. The van der Waals surface area contributed by atoms with Crippen molar-refractivity contribution < 1.29 is 23.1 Å². The molecule has 26 heavy (non-hydrogen) atoms. The number of anilines is 1. The topological polar surface area (TPSA) is 55.4 Å². The maximum absolute atomic E-state index is 13.9. The second-order valence-electron chi connectivity index (χ2n) is 5.95. The van der Waals surface area contributed by atoms with Crippen molar-refractivity contribution >= 4 is 17.6 Å². The van der Waals surface area contributed by atoms with Gasteiger partial charge >= 0.3 is 5.97 Å². The largest absolute Gasteiger partial charge is 0.465 e. The molecule has 6 heteroatoms. The second-order valence-corrected chi connectivity index (χ2v) is 5.95. The van der Waals surface area contributed by atoms with Crippen molar-refractivity contribution in [3.63, 3.8) is 0 Å². The van der Waals surface area contributed by atoms with Gasteiger partial charge in [0.2, 0.25) is 5.91 Å². The monoisotopic (exact) mass is 361 g/mol. The van der Waals surface area contributed by atoms with Crippen molar-refractivity contribution in [2.45, 2.75) is 32.6 Å². The molecule has 4 nitrogen and oxygen atoms in total. The zero-order chi connectivity index (χ0) is 19.1. The minimum atomic E-state index is -1.05. The molecular formula is C20H21F2NO3. The molecule has 2 aromatic rings. The summed E-state index contributed by atoms with van der Waals surface area (Å²) >= 11 is 0. The van der Waals surface area contributed by atoms with Gasteiger partial charge < -0.3 is 10.1 Å². The van der Waals surface area contributed by atoms with Gasteiger partial charge in [-0.1, -0.05) is 37.6 Å². The Balaban J connectivity index is 2.06. The summed E-state index contributed by atoms with van der Waals surface area (Å²) in [4.78, 5) is 23.6. The van der Waals surface area contributed by atoms with E-state index in [1.807, 2.05) is 24.3 Å². The van der Waals surface area contributed by atoms with Crippen molar-refractivity contribution in [3.05, 3.63) is 64.7 Å². The average molecular weight is 361 g/mol. The summed E-state index contributed by atoms with van der Waals surface area (Å²) in [5.41, 5.74) is 1.27. The summed E-state index contributed by atoms with van der Waals surface area (Å²) in [6.07, 6.45) is 3.24. The van der Waals surface area contributed by atoms with Crippen LogP contribution in [0.5, 0.6) is 0 Å². The standard InChI is InChI=1S/C20H21F2NO3/c1-3-4-5-13-6-8-14(9-7-13)10-19(24)23-18-11-15(20(25)26-2)16(21)12-17(18)22/h6-9,11-12H,3-5,10H2,1-2H3,(H,23,24). The number of ether oxygens (including phenoxy) is 1. The smallest absolute Gasteiger partial charge is 0.340 e. The Morgan fingerprint density at radius 2 is 1.69 bits per heavy atom. The van der Waals surface area contributed by atoms with E-state index in [1.54, 1.807) is 0 Å². The highest BCUT2D eigenvalue weighted by molar-refractivity contribution is 5.95. The number of amides is 1. The number of aryl methyl sites for hydroxylation is 1. The molecule has 138 valence electrons. The number of benzene rings is 2. The number of hydrogen-bond acceptors (Lipinski definition) is 3. The lowest BCUT2D eigenvalue weighted by molar-refractivity contribution is -0.115. The molecule has 1 amide bonds. The van der Waals surface area contributed by atoms with E-state index in [9.17, 15) is 18.4 Å². The fourth-order valence-electron chi connectivity index (χ4n) is 2.50. The fraction of sp³-hybridized carbons (Fsp3) is 0.300. The van der Waals surface area contributed by atoms with Gasteiger partial charge in [-0.3, -0.25) is 4.79 Å². The number of esters is 1. The van der Waals surface area contributed by atoms with E-state index in [-0.39, 0.29) is 12.1 Å². The number of nitrogens with one attached hydrogen (secondary N) is 1. The molecule has 1 N–H and O–H groups in total. The Morgan fingerprint density at radius 1 is 1.04 bits per heavy atom. The molecule has 0 aliphatic heterocycles. The lowest BCUT2D eigenvalue weighted by Crippen LogP contribution is -2.16. The molecule has 2 rings (SSSR count).